The first-order chi connectivity index (χ1) is 4.93. The summed E-state index contributed by atoms with van der Waals surface area (Å²) in [7, 11) is 1.73. The molecule has 0 saturated carbocycles. The molecule has 0 bridgehead atoms. The Kier molecular flexibility index (Phi) is 2.14. The van der Waals surface area contributed by atoms with E-state index in [9.17, 15) is 13.2 Å². The maximum absolute atomic E-state index is 12.2. The molecule has 66 valence electrons. The van der Waals surface area contributed by atoms with Crippen LogP contribution >= 0.6 is 0 Å². The fraction of sp³-hybridized carbons (Fsp3) is 1.00. The zero-order valence-corrected chi connectivity index (χ0v) is 6.65. The Balaban J connectivity index is 2.62. The summed E-state index contributed by atoms with van der Waals surface area (Å²) in [6.45, 7) is 2.19. The van der Waals surface area contributed by atoms with E-state index >= 15 is 0 Å². The van der Waals surface area contributed by atoms with Crippen LogP contribution in [0.25, 0.3) is 0 Å². The van der Waals surface area contributed by atoms with E-state index in [2.05, 4.69) is 0 Å². The quantitative estimate of drug-likeness (QED) is 0.532. The second-order valence-electron chi connectivity index (χ2n) is 3.16. The van der Waals surface area contributed by atoms with Crippen LogP contribution in [0, 0.1) is 5.92 Å². The molecule has 1 fully saturated rings. The highest BCUT2D eigenvalue weighted by atomic mass is 19.4. The van der Waals surface area contributed by atoms with Crippen LogP contribution < -0.4 is 0 Å². The van der Waals surface area contributed by atoms with Crippen LogP contribution in [0.15, 0.2) is 0 Å². The molecule has 1 aliphatic rings. The minimum absolute atomic E-state index is 0.251. The molecule has 1 nitrogen and oxygen atoms in total. The van der Waals surface area contributed by atoms with Gasteiger partial charge in [0.25, 0.3) is 0 Å². The van der Waals surface area contributed by atoms with Crippen molar-refractivity contribution in [1.82, 2.24) is 4.90 Å². The van der Waals surface area contributed by atoms with Crippen LogP contribution in [-0.2, 0) is 0 Å². The van der Waals surface area contributed by atoms with Gasteiger partial charge in [-0.25, -0.2) is 0 Å². The molecule has 11 heavy (non-hydrogen) atoms. The van der Waals surface area contributed by atoms with E-state index in [1.54, 1.807) is 18.9 Å². The maximum Gasteiger partial charge on any atom is 0.393 e. The topological polar surface area (TPSA) is 3.24 Å². The van der Waals surface area contributed by atoms with Crippen molar-refractivity contribution in [2.24, 2.45) is 5.92 Å². The molecule has 4 heteroatoms. The fourth-order valence-corrected chi connectivity index (χ4v) is 1.53. The second kappa shape index (κ2) is 2.66. The van der Waals surface area contributed by atoms with Crippen molar-refractivity contribution in [3.63, 3.8) is 0 Å². The average molecular weight is 167 g/mol. The standard InChI is InChI=1S/C7H12F3N/c1-5-6(7(8,9)10)3-4-11(5)2/h5-6H,3-4H2,1-2H3/t5?,6-/m0/s1. The molecule has 0 aromatic carbocycles. The van der Waals surface area contributed by atoms with Gasteiger partial charge in [-0.1, -0.05) is 0 Å². The van der Waals surface area contributed by atoms with E-state index in [4.69, 9.17) is 0 Å². The summed E-state index contributed by atoms with van der Waals surface area (Å²) in [4.78, 5) is 1.75. The number of hydrogen-bond donors (Lipinski definition) is 0. The van der Waals surface area contributed by atoms with Crippen molar-refractivity contribution in [1.29, 1.82) is 0 Å². The fourth-order valence-electron chi connectivity index (χ4n) is 1.53. The van der Waals surface area contributed by atoms with Gasteiger partial charge in [0.2, 0.25) is 0 Å². The minimum Gasteiger partial charge on any atom is -0.303 e. The molecule has 0 aliphatic carbocycles. The number of alkyl halides is 3. The molecule has 0 radical (unpaired) electrons. The molecule has 0 N–H and O–H groups in total. The Bertz CT molecular complexity index is 143. The van der Waals surface area contributed by atoms with Gasteiger partial charge in [0.1, 0.15) is 0 Å². The Morgan fingerprint density at radius 3 is 2.09 bits per heavy atom. The summed E-state index contributed by atoms with van der Waals surface area (Å²) in [5.41, 5.74) is 0. The zero-order valence-electron chi connectivity index (χ0n) is 6.65. The van der Waals surface area contributed by atoms with E-state index in [-0.39, 0.29) is 12.5 Å². The van der Waals surface area contributed by atoms with Gasteiger partial charge >= 0.3 is 6.18 Å². The van der Waals surface area contributed by atoms with E-state index in [1.807, 2.05) is 0 Å². The molecular weight excluding hydrogens is 155 g/mol. The maximum atomic E-state index is 12.2. The molecule has 2 atom stereocenters. The molecule has 1 heterocycles. The predicted octanol–water partition coefficient (Wildman–Crippen LogP) is 1.89. The molecule has 1 aliphatic heterocycles. The molecule has 0 spiro atoms. The SMILES string of the molecule is CC1[C@@H](C(F)(F)F)CCN1C. The first-order valence-corrected chi connectivity index (χ1v) is 3.70. The van der Waals surface area contributed by atoms with Crippen LogP contribution in [0.2, 0.25) is 0 Å². The molecule has 1 unspecified atom stereocenters. The molecule has 0 aromatic rings. The predicted molar refractivity (Wildman–Crippen MR) is 36.3 cm³/mol. The molecule has 0 amide bonds. The van der Waals surface area contributed by atoms with Crippen molar-refractivity contribution in [3.05, 3.63) is 0 Å². The van der Waals surface area contributed by atoms with Gasteiger partial charge in [-0.3, -0.25) is 0 Å². The molecule has 0 aromatic heterocycles. The first-order valence-electron chi connectivity index (χ1n) is 3.70. The number of nitrogens with zero attached hydrogens (tertiary/aromatic N) is 1. The normalized spacial score (nSPS) is 34.6. The van der Waals surface area contributed by atoms with Crippen LogP contribution in [0.1, 0.15) is 13.3 Å². The minimum atomic E-state index is -4.01. The van der Waals surface area contributed by atoms with Crippen LogP contribution in [0.5, 0.6) is 0 Å². The van der Waals surface area contributed by atoms with E-state index in [0.717, 1.165) is 0 Å². The lowest BCUT2D eigenvalue weighted by Gasteiger charge is -2.22. The number of hydrogen-bond acceptors (Lipinski definition) is 1. The third kappa shape index (κ3) is 1.67. The third-order valence-corrected chi connectivity index (χ3v) is 2.49. The second-order valence-corrected chi connectivity index (χ2v) is 3.16. The Labute approximate surface area is 64.2 Å². The van der Waals surface area contributed by atoms with Crippen molar-refractivity contribution < 1.29 is 13.2 Å². The lowest BCUT2D eigenvalue weighted by atomic mass is 10.0. The van der Waals surface area contributed by atoms with Gasteiger partial charge in [0.15, 0.2) is 0 Å². The summed E-state index contributed by atoms with van der Waals surface area (Å²) in [5.74, 6) is -1.12. The van der Waals surface area contributed by atoms with Crippen LogP contribution in [-0.4, -0.2) is 30.7 Å². The first kappa shape index (κ1) is 8.84. The number of rotatable bonds is 0. The van der Waals surface area contributed by atoms with Gasteiger partial charge in [-0.2, -0.15) is 13.2 Å². The summed E-state index contributed by atoms with van der Waals surface area (Å²) in [6, 6.07) is -0.352. The van der Waals surface area contributed by atoms with Gasteiger partial charge in [-0.15, -0.1) is 0 Å². The van der Waals surface area contributed by atoms with Gasteiger partial charge < -0.3 is 4.90 Å². The summed E-state index contributed by atoms with van der Waals surface area (Å²) < 4.78 is 36.5. The summed E-state index contributed by atoms with van der Waals surface area (Å²) >= 11 is 0. The van der Waals surface area contributed by atoms with Crippen LogP contribution in [0.4, 0.5) is 13.2 Å². The van der Waals surface area contributed by atoms with E-state index in [1.165, 1.54) is 0 Å². The Hall–Kier alpha value is -0.250. The average Bonchev–Trinajstić information content (AvgIpc) is 2.11. The highest BCUT2D eigenvalue weighted by Gasteiger charge is 2.47. The van der Waals surface area contributed by atoms with E-state index < -0.39 is 12.1 Å². The lowest BCUT2D eigenvalue weighted by molar-refractivity contribution is -0.178. The summed E-state index contributed by atoms with van der Waals surface area (Å²) in [6.07, 6.45) is -3.76. The third-order valence-electron chi connectivity index (χ3n) is 2.49. The molecule has 1 saturated heterocycles. The van der Waals surface area contributed by atoms with Gasteiger partial charge in [0, 0.05) is 6.04 Å². The summed E-state index contributed by atoms with van der Waals surface area (Å²) in [5, 5.41) is 0. The smallest absolute Gasteiger partial charge is 0.303 e. The highest BCUT2D eigenvalue weighted by Crippen LogP contribution is 2.36. The number of likely N-dealkylation sites (tertiary alicyclic amines) is 1. The Morgan fingerprint density at radius 1 is 1.36 bits per heavy atom. The van der Waals surface area contributed by atoms with Crippen molar-refractivity contribution in [2.75, 3.05) is 13.6 Å². The molecular formula is C7H12F3N. The van der Waals surface area contributed by atoms with Crippen molar-refractivity contribution in [3.8, 4) is 0 Å². The molecule has 1 rings (SSSR count). The van der Waals surface area contributed by atoms with Gasteiger partial charge in [0.05, 0.1) is 5.92 Å². The van der Waals surface area contributed by atoms with Crippen molar-refractivity contribution >= 4 is 0 Å². The van der Waals surface area contributed by atoms with Crippen LogP contribution in [0.3, 0.4) is 0 Å². The Morgan fingerprint density at radius 2 is 1.91 bits per heavy atom. The zero-order chi connectivity index (χ0) is 8.65. The van der Waals surface area contributed by atoms with Gasteiger partial charge in [-0.05, 0) is 26.9 Å². The number of halogens is 3. The monoisotopic (exact) mass is 167 g/mol. The largest absolute Gasteiger partial charge is 0.393 e. The highest BCUT2D eigenvalue weighted by molar-refractivity contribution is 4.86. The van der Waals surface area contributed by atoms with E-state index in [0.29, 0.717) is 6.54 Å². The lowest BCUT2D eigenvalue weighted by Crippen LogP contribution is -2.34. The van der Waals surface area contributed by atoms with Crippen molar-refractivity contribution in [2.45, 2.75) is 25.6 Å².